The van der Waals surface area contributed by atoms with Crippen LogP contribution in [0.4, 0.5) is 0 Å². The lowest BCUT2D eigenvalue weighted by Crippen LogP contribution is -2.41. The Balaban J connectivity index is 3.33. The zero-order valence-electron chi connectivity index (χ0n) is 11.4. The Labute approximate surface area is 106 Å². The molecule has 5 nitrogen and oxygen atoms in total. The maximum absolute atomic E-state index is 11.9. The van der Waals surface area contributed by atoms with E-state index in [1.807, 2.05) is 0 Å². The van der Waals surface area contributed by atoms with E-state index in [4.69, 9.17) is 0 Å². The number of hydrogen-bond acceptors (Lipinski definition) is 3. The predicted molar refractivity (Wildman–Crippen MR) is 70.0 cm³/mol. The van der Waals surface area contributed by atoms with Gasteiger partial charge in [0.15, 0.2) is 5.78 Å². The molecule has 100 valence electrons. The van der Waals surface area contributed by atoms with Gasteiger partial charge in [-0.25, -0.2) is 4.79 Å². The van der Waals surface area contributed by atoms with Crippen molar-refractivity contribution < 1.29 is 4.79 Å². The van der Waals surface area contributed by atoms with Crippen LogP contribution < -0.4 is 11.2 Å². The molecule has 0 N–H and O–H groups in total. The summed E-state index contributed by atoms with van der Waals surface area (Å²) in [5.74, 6) is 0.0638. The van der Waals surface area contributed by atoms with Crippen molar-refractivity contribution >= 4 is 5.78 Å². The van der Waals surface area contributed by atoms with Crippen molar-refractivity contribution in [2.45, 2.75) is 40.2 Å². The van der Waals surface area contributed by atoms with Crippen LogP contribution in [-0.2, 0) is 13.6 Å². The molecule has 1 aromatic heterocycles. The number of rotatable bonds is 5. The first kappa shape index (κ1) is 14.4. The minimum Gasteiger partial charge on any atom is -0.299 e. The van der Waals surface area contributed by atoms with Gasteiger partial charge in [0.2, 0.25) is 0 Å². The van der Waals surface area contributed by atoms with E-state index in [-0.39, 0.29) is 17.0 Å². The van der Waals surface area contributed by atoms with Crippen molar-refractivity contribution in [2.24, 2.45) is 13.0 Å². The fourth-order valence-corrected chi connectivity index (χ4v) is 1.92. The van der Waals surface area contributed by atoms with Gasteiger partial charge in [-0.2, -0.15) is 0 Å². The number of hydrogen-bond donors (Lipinski definition) is 0. The fraction of sp³-hybridized carbons (Fsp3) is 0.615. The molecule has 1 aromatic rings. The number of nitrogens with zero attached hydrogens (tertiary/aromatic N) is 2. The van der Waals surface area contributed by atoms with E-state index in [9.17, 15) is 14.4 Å². The molecule has 0 radical (unpaired) electrons. The average Bonchev–Trinajstić information content (AvgIpc) is 2.35. The maximum Gasteiger partial charge on any atom is 0.330 e. The Kier molecular flexibility index (Phi) is 4.64. The second kappa shape index (κ2) is 5.80. The Hall–Kier alpha value is -1.65. The van der Waals surface area contributed by atoms with Gasteiger partial charge in [0.1, 0.15) is 0 Å². The maximum atomic E-state index is 11.9. The molecule has 5 heteroatoms. The molecular weight excluding hydrogens is 232 g/mol. The molecule has 1 rings (SSSR count). The summed E-state index contributed by atoms with van der Waals surface area (Å²) in [5.41, 5.74) is -0.812. The molecule has 0 amide bonds. The quantitative estimate of drug-likeness (QED) is 0.739. The fourth-order valence-electron chi connectivity index (χ4n) is 1.92. The largest absolute Gasteiger partial charge is 0.330 e. The number of carbonyl (C=O) groups excluding carboxylic acids is 1. The molecule has 0 unspecified atom stereocenters. The van der Waals surface area contributed by atoms with Gasteiger partial charge < -0.3 is 0 Å². The lowest BCUT2D eigenvalue weighted by molar-refractivity contribution is 0.101. The SMILES string of the molecule is CCC(CC)Cn1cc(C(C)=O)c(=O)n(C)c1=O. The molecule has 0 atom stereocenters. The minimum absolute atomic E-state index is 0.0723. The molecule has 0 fully saturated rings. The third-order valence-corrected chi connectivity index (χ3v) is 3.34. The zero-order chi connectivity index (χ0) is 13.9. The van der Waals surface area contributed by atoms with E-state index in [0.29, 0.717) is 12.5 Å². The van der Waals surface area contributed by atoms with E-state index >= 15 is 0 Å². The molecule has 0 aliphatic heterocycles. The first-order chi connectivity index (χ1) is 8.42. The Morgan fingerprint density at radius 1 is 1.28 bits per heavy atom. The van der Waals surface area contributed by atoms with Crippen LogP contribution >= 0.6 is 0 Å². The van der Waals surface area contributed by atoms with Gasteiger partial charge in [-0.05, 0) is 12.8 Å². The number of carbonyl (C=O) groups is 1. The third-order valence-electron chi connectivity index (χ3n) is 3.34. The van der Waals surface area contributed by atoms with Crippen molar-refractivity contribution in [1.29, 1.82) is 0 Å². The molecule has 0 aliphatic rings. The molecule has 0 bridgehead atoms. The van der Waals surface area contributed by atoms with Gasteiger partial charge in [-0.1, -0.05) is 26.7 Å². The van der Waals surface area contributed by atoms with Gasteiger partial charge in [0, 0.05) is 19.8 Å². The van der Waals surface area contributed by atoms with Gasteiger partial charge in [-0.3, -0.25) is 18.7 Å². The van der Waals surface area contributed by atoms with Gasteiger partial charge >= 0.3 is 5.69 Å². The molecule has 0 saturated carbocycles. The summed E-state index contributed by atoms with van der Waals surface area (Å²) in [5, 5.41) is 0. The average molecular weight is 252 g/mol. The van der Waals surface area contributed by atoms with Crippen LogP contribution in [0.25, 0.3) is 0 Å². The predicted octanol–water partition coefficient (Wildman–Crippen LogP) is 1.19. The van der Waals surface area contributed by atoms with Gasteiger partial charge in [-0.15, -0.1) is 0 Å². The second-order valence-electron chi connectivity index (χ2n) is 4.58. The number of ketones is 1. The topological polar surface area (TPSA) is 61.1 Å². The Morgan fingerprint density at radius 2 is 1.83 bits per heavy atom. The molecular formula is C13H20N2O3. The van der Waals surface area contributed by atoms with Crippen LogP contribution in [0, 0.1) is 5.92 Å². The molecule has 0 aliphatic carbocycles. The van der Waals surface area contributed by atoms with Crippen molar-refractivity contribution in [3.05, 3.63) is 32.6 Å². The highest BCUT2D eigenvalue weighted by molar-refractivity contribution is 5.93. The zero-order valence-corrected chi connectivity index (χ0v) is 11.4. The first-order valence-electron chi connectivity index (χ1n) is 6.23. The minimum atomic E-state index is -0.520. The molecule has 18 heavy (non-hydrogen) atoms. The second-order valence-corrected chi connectivity index (χ2v) is 4.58. The van der Waals surface area contributed by atoms with Crippen LogP contribution in [0.1, 0.15) is 44.0 Å². The van der Waals surface area contributed by atoms with Crippen LogP contribution in [-0.4, -0.2) is 14.9 Å². The van der Waals surface area contributed by atoms with E-state index < -0.39 is 5.56 Å². The summed E-state index contributed by atoms with van der Waals surface area (Å²) in [7, 11) is 1.40. The van der Waals surface area contributed by atoms with Crippen LogP contribution in [0.3, 0.4) is 0 Å². The van der Waals surface area contributed by atoms with Crippen molar-refractivity contribution in [2.75, 3.05) is 0 Å². The van der Waals surface area contributed by atoms with Crippen LogP contribution in [0.5, 0.6) is 0 Å². The summed E-state index contributed by atoms with van der Waals surface area (Å²) in [6.45, 7) is 6.00. The Bertz CT molecular complexity index is 550. The number of Topliss-reactive ketones (excluding diaryl/α,β-unsaturated/α-hetero) is 1. The van der Waals surface area contributed by atoms with Crippen molar-refractivity contribution in [3.8, 4) is 0 Å². The summed E-state index contributed by atoms with van der Waals surface area (Å²) in [6, 6.07) is 0. The summed E-state index contributed by atoms with van der Waals surface area (Å²) in [6.07, 6.45) is 3.31. The van der Waals surface area contributed by atoms with Crippen molar-refractivity contribution in [1.82, 2.24) is 9.13 Å². The molecule has 1 heterocycles. The Morgan fingerprint density at radius 3 is 2.28 bits per heavy atom. The normalized spacial score (nSPS) is 10.9. The smallest absolute Gasteiger partial charge is 0.299 e. The van der Waals surface area contributed by atoms with Gasteiger partial charge in [0.05, 0.1) is 5.56 Å². The molecule has 0 aromatic carbocycles. The lowest BCUT2D eigenvalue weighted by Gasteiger charge is -2.15. The first-order valence-corrected chi connectivity index (χ1v) is 6.23. The van der Waals surface area contributed by atoms with Gasteiger partial charge in [0.25, 0.3) is 5.56 Å². The highest BCUT2D eigenvalue weighted by atomic mass is 16.2. The van der Waals surface area contributed by atoms with Crippen molar-refractivity contribution in [3.63, 3.8) is 0 Å². The molecule has 0 saturated heterocycles. The third kappa shape index (κ3) is 2.78. The van der Waals surface area contributed by atoms with E-state index in [2.05, 4.69) is 13.8 Å². The monoisotopic (exact) mass is 252 g/mol. The van der Waals surface area contributed by atoms with Crippen LogP contribution in [0.15, 0.2) is 15.8 Å². The summed E-state index contributed by atoms with van der Waals surface area (Å²) < 4.78 is 2.47. The highest BCUT2D eigenvalue weighted by Crippen LogP contribution is 2.09. The highest BCUT2D eigenvalue weighted by Gasteiger charge is 2.14. The number of aromatic nitrogens is 2. The van der Waals surface area contributed by atoms with Crippen LogP contribution in [0.2, 0.25) is 0 Å². The standard InChI is InChI=1S/C13H20N2O3/c1-5-10(6-2)7-15-8-11(9(3)16)12(17)14(4)13(15)18/h8,10H,5-7H2,1-4H3. The summed E-state index contributed by atoms with van der Waals surface area (Å²) in [4.78, 5) is 35.1. The van der Waals surface area contributed by atoms with E-state index in [1.54, 1.807) is 0 Å². The summed E-state index contributed by atoms with van der Waals surface area (Å²) >= 11 is 0. The molecule has 0 spiro atoms. The van der Waals surface area contributed by atoms with E-state index in [0.717, 1.165) is 17.4 Å². The van der Waals surface area contributed by atoms with E-state index in [1.165, 1.54) is 24.7 Å². The lowest BCUT2D eigenvalue weighted by atomic mass is 10.0.